The van der Waals surface area contributed by atoms with E-state index in [1.807, 2.05) is 22.7 Å². The van der Waals surface area contributed by atoms with Crippen LogP contribution in [0.1, 0.15) is 37.4 Å². The van der Waals surface area contributed by atoms with Crippen LogP contribution >= 0.6 is 0 Å². The van der Waals surface area contributed by atoms with Gasteiger partial charge in [0.15, 0.2) is 0 Å². The summed E-state index contributed by atoms with van der Waals surface area (Å²) >= 11 is 0. The number of hydrogen-bond donors (Lipinski definition) is 3. The minimum atomic E-state index is -0.565. The van der Waals surface area contributed by atoms with E-state index < -0.39 is 5.91 Å². The zero-order chi connectivity index (χ0) is 18.1. The molecule has 0 saturated heterocycles. The van der Waals surface area contributed by atoms with Crippen LogP contribution in [0.25, 0.3) is 11.7 Å². The van der Waals surface area contributed by atoms with Crippen LogP contribution in [0.2, 0.25) is 0 Å². The number of imidazole rings is 1. The van der Waals surface area contributed by atoms with Crippen LogP contribution < -0.4 is 10.8 Å². The molecule has 1 amide bonds. The standard InChI is InChI=1S/C18H26N4O3/c1-3-4-5-6-15-18(19-11-12-25-2)22-13-14(7-9-16(22)20-15)8-10-17(23)21-24/h7-10,13,19,24H,3-6,11-12H2,1-2H3,(H,21,23)/b10-8+. The first-order chi connectivity index (χ1) is 12.2. The third-order valence-corrected chi connectivity index (χ3v) is 3.87. The number of hydroxylamine groups is 1. The number of anilines is 1. The van der Waals surface area contributed by atoms with Gasteiger partial charge >= 0.3 is 0 Å². The van der Waals surface area contributed by atoms with Gasteiger partial charge in [0.2, 0.25) is 0 Å². The number of nitrogens with one attached hydrogen (secondary N) is 2. The molecule has 7 heteroatoms. The van der Waals surface area contributed by atoms with Crippen LogP contribution in [0.4, 0.5) is 5.82 Å². The van der Waals surface area contributed by atoms with E-state index in [0.717, 1.165) is 35.6 Å². The Hall–Kier alpha value is -2.38. The highest BCUT2D eigenvalue weighted by Crippen LogP contribution is 2.21. The monoisotopic (exact) mass is 346 g/mol. The molecular formula is C18H26N4O3. The summed E-state index contributed by atoms with van der Waals surface area (Å²) in [6.45, 7) is 3.48. The number of methoxy groups -OCH3 is 1. The Labute approximate surface area is 147 Å². The number of carbonyl (C=O) groups excluding carboxylic acids is 1. The normalized spacial score (nSPS) is 11.3. The molecule has 0 aliphatic heterocycles. The number of ether oxygens (including phenoxy) is 1. The number of fused-ring (bicyclic) bond motifs is 1. The molecule has 0 saturated carbocycles. The predicted octanol–water partition coefficient (Wildman–Crippen LogP) is 2.64. The summed E-state index contributed by atoms with van der Waals surface area (Å²) in [6.07, 6.45) is 9.20. The van der Waals surface area contributed by atoms with Crippen molar-refractivity contribution in [2.45, 2.75) is 32.6 Å². The van der Waals surface area contributed by atoms with Crippen molar-refractivity contribution in [3.63, 3.8) is 0 Å². The highest BCUT2D eigenvalue weighted by atomic mass is 16.5. The number of unbranched alkanes of at least 4 members (excludes halogenated alkanes) is 2. The van der Waals surface area contributed by atoms with Gasteiger partial charge in [0.25, 0.3) is 5.91 Å². The predicted molar refractivity (Wildman–Crippen MR) is 97.7 cm³/mol. The fourth-order valence-electron chi connectivity index (χ4n) is 2.59. The van der Waals surface area contributed by atoms with Crippen molar-refractivity contribution in [3.05, 3.63) is 35.7 Å². The number of hydrogen-bond acceptors (Lipinski definition) is 5. The summed E-state index contributed by atoms with van der Waals surface area (Å²) in [5, 5.41) is 12.0. The maximum absolute atomic E-state index is 11.1. The van der Waals surface area contributed by atoms with E-state index in [-0.39, 0.29) is 0 Å². The van der Waals surface area contributed by atoms with Gasteiger partial charge in [-0.2, -0.15) is 0 Å². The summed E-state index contributed by atoms with van der Waals surface area (Å²) in [4.78, 5) is 15.9. The highest BCUT2D eigenvalue weighted by Gasteiger charge is 2.12. The number of nitrogens with zero attached hydrogens (tertiary/aromatic N) is 2. The molecule has 7 nitrogen and oxygen atoms in total. The Morgan fingerprint density at radius 1 is 1.40 bits per heavy atom. The molecule has 2 rings (SSSR count). The Bertz CT molecular complexity index is 724. The zero-order valence-corrected chi connectivity index (χ0v) is 14.8. The molecule has 0 bridgehead atoms. The van der Waals surface area contributed by atoms with Crippen molar-refractivity contribution in [1.29, 1.82) is 0 Å². The molecule has 0 spiro atoms. The van der Waals surface area contributed by atoms with Gasteiger partial charge in [-0.3, -0.25) is 14.4 Å². The molecule has 2 aromatic rings. The molecule has 0 aliphatic rings. The summed E-state index contributed by atoms with van der Waals surface area (Å²) in [5.41, 5.74) is 4.31. The van der Waals surface area contributed by atoms with Gasteiger partial charge in [-0.25, -0.2) is 10.5 Å². The summed E-state index contributed by atoms with van der Waals surface area (Å²) in [6, 6.07) is 3.81. The van der Waals surface area contributed by atoms with E-state index in [1.54, 1.807) is 18.7 Å². The lowest BCUT2D eigenvalue weighted by molar-refractivity contribution is -0.124. The van der Waals surface area contributed by atoms with E-state index in [4.69, 9.17) is 14.9 Å². The largest absolute Gasteiger partial charge is 0.383 e. The molecule has 0 radical (unpaired) electrons. The number of aryl methyl sites for hydroxylation is 1. The lowest BCUT2D eigenvalue weighted by Crippen LogP contribution is -2.14. The number of rotatable bonds is 10. The molecule has 25 heavy (non-hydrogen) atoms. The zero-order valence-electron chi connectivity index (χ0n) is 14.8. The van der Waals surface area contributed by atoms with Crippen LogP contribution in [0.5, 0.6) is 0 Å². The molecule has 0 atom stereocenters. The first kappa shape index (κ1) is 19.0. The first-order valence-corrected chi connectivity index (χ1v) is 8.55. The lowest BCUT2D eigenvalue weighted by atomic mass is 10.1. The van der Waals surface area contributed by atoms with E-state index in [9.17, 15) is 4.79 Å². The smallest absolute Gasteiger partial charge is 0.267 e. The third kappa shape index (κ3) is 5.30. The maximum Gasteiger partial charge on any atom is 0.267 e. The van der Waals surface area contributed by atoms with Gasteiger partial charge in [0, 0.05) is 25.9 Å². The number of carbonyl (C=O) groups is 1. The van der Waals surface area contributed by atoms with Gasteiger partial charge in [0.05, 0.1) is 12.3 Å². The molecule has 2 heterocycles. The van der Waals surface area contributed by atoms with Crippen LogP contribution in [0.3, 0.4) is 0 Å². The summed E-state index contributed by atoms with van der Waals surface area (Å²) in [5.74, 6) is 0.398. The van der Waals surface area contributed by atoms with Crippen molar-refractivity contribution in [3.8, 4) is 0 Å². The Morgan fingerprint density at radius 2 is 2.24 bits per heavy atom. The van der Waals surface area contributed by atoms with Crippen molar-refractivity contribution >= 4 is 23.4 Å². The van der Waals surface area contributed by atoms with Gasteiger partial charge in [0.1, 0.15) is 11.5 Å². The Kier molecular flexibility index (Phi) is 7.43. The Morgan fingerprint density at radius 3 is 2.96 bits per heavy atom. The molecule has 0 unspecified atom stereocenters. The summed E-state index contributed by atoms with van der Waals surface area (Å²) in [7, 11) is 1.67. The van der Waals surface area contributed by atoms with E-state index in [2.05, 4.69) is 12.2 Å². The number of aromatic nitrogens is 2. The number of pyridine rings is 1. The van der Waals surface area contributed by atoms with Crippen LogP contribution in [0, 0.1) is 0 Å². The van der Waals surface area contributed by atoms with Crippen LogP contribution in [0.15, 0.2) is 24.4 Å². The molecule has 0 fully saturated rings. The molecule has 136 valence electrons. The van der Waals surface area contributed by atoms with Crippen molar-refractivity contribution in [2.24, 2.45) is 0 Å². The van der Waals surface area contributed by atoms with Gasteiger partial charge < -0.3 is 10.1 Å². The average molecular weight is 346 g/mol. The molecule has 0 aliphatic carbocycles. The van der Waals surface area contributed by atoms with E-state index >= 15 is 0 Å². The molecular weight excluding hydrogens is 320 g/mol. The van der Waals surface area contributed by atoms with Crippen molar-refractivity contribution in [1.82, 2.24) is 14.9 Å². The Balaban J connectivity index is 2.31. The minimum Gasteiger partial charge on any atom is -0.383 e. The van der Waals surface area contributed by atoms with Gasteiger partial charge in [-0.15, -0.1) is 0 Å². The van der Waals surface area contributed by atoms with Crippen LogP contribution in [-0.4, -0.2) is 40.8 Å². The molecule has 3 N–H and O–H groups in total. The van der Waals surface area contributed by atoms with Crippen LogP contribution in [-0.2, 0) is 16.0 Å². The maximum atomic E-state index is 11.1. The number of amides is 1. The van der Waals surface area contributed by atoms with E-state index in [0.29, 0.717) is 13.2 Å². The minimum absolute atomic E-state index is 0.565. The first-order valence-electron chi connectivity index (χ1n) is 8.55. The third-order valence-electron chi connectivity index (χ3n) is 3.87. The van der Waals surface area contributed by atoms with Crippen molar-refractivity contribution in [2.75, 3.05) is 25.6 Å². The fraction of sp³-hybridized carbons (Fsp3) is 0.444. The van der Waals surface area contributed by atoms with Gasteiger partial charge in [-0.05, 0) is 36.6 Å². The SMILES string of the molecule is CCCCCc1nc2ccc(/C=C/C(=O)NO)cn2c1NCCOC. The average Bonchev–Trinajstić information content (AvgIpc) is 2.97. The van der Waals surface area contributed by atoms with Crippen molar-refractivity contribution < 1.29 is 14.7 Å². The second-order valence-electron chi connectivity index (χ2n) is 5.78. The highest BCUT2D eigenvalue weighted by molar-refractivity contribution is 5.90. The summed E-state index contributed by atoms with van der Waals surface area (Å²) < 4.78 is 7.11. The molecule has 2 aromatic heterocycles. The quantitative estimate of drug-likeness (QED) is 0.266. The van der Waals surface area contributed by atoms with E-state index in [1.165, 1.54) is 18.9 Å². The fourth-order valence-corrected chi connectivity index (χ4v) is 2.59. The lowest BCUT2D eigenvalue weighted by Gasteiger charge is -2.08. The topological polar surface area (TPSA) is 87.9 Å². The second kappa shape index (κ2) is 9.80. The van der Waals surface area contributed by atoms with Gasteiger partial charge in [-0.1, -0.05) is 19.8 Å². The second-order valence-corrected chi connectivity index (χ2v) is 5.78. The molecule has 0 aromatic carbocycles.